The van der Waals surface area contributed by atoms with Crippen LogP contribution in [0.3, 0.4) is 0 Å². The topological polar surface area (TPSA) is 41.6 Å². The average Bonchev–Trinajstić information content (AvgIpc) is 2.91. The lowest BCUT2D eigenvalue weighted by molar-refractivity contribution is -0.132. The zero-order valence-electron chi connectivity index (χ0n) is 12.7. The predicted molar refractivity (Wildman–Crippen MR) is 75.7 cm³/mol. The minimum atomic E-state index is -0.00574. The van der Waals surface area contributed by atoms with Crippen LogP contribution in [0.2, 0.25) is 0 Å². The molecule has 2 saturated heterocycles. The second kappa shape index (κ2) is 6.23. The molecule has 0 spiro atoms. The van der Waals surface area contributed by atoms with Crippen LogP contribution in [-0.4, -0.2) is 42.3 Å². The van der Waals surface area contributed by atoms with Gasteiger partial charge in [-0.05, 0) is 31.1 Å². The molecule has 0 radical (unpaired) electrons. The van der Waals surface area contributed by atoms with E-state index < -0.39 is 0 Å². The largest absolute Gasteiger partial charge is 0.376 e. The fraction of sp³-hybridized carbons (Fsp3) is 0.933. The van der Waals surface area contributed by atoms with Crippen molar-refractivity contribution < 1.29 is 9.53 Å². The number of amides is 1. The van der Waals surface area contributed by atoms with E-state index in [1.54, 1.807) is 0 Å². The number of rotatable bonds is 5. The number of carbonyl (C=O) groups is 1. The standard InChI is InChI=1S/C15H28N2O2/c1-10(2)8-13-15(18)17(14(16-13)11(3)4)9-12-6-5-7-19-12/h10-14,16H,5-9H2,1-4H3. The van der Waals surface area contributed by atoms with Gasteiger partial charge in [-0.15, -0.1) is 0 Å². The lowest BCUT2D eigenvalue weighted by Gasteiger charge is -2.29. The zero-order chi connectivity index (χ0) is 14.0. The van der Waals surface area contributed by atoms with E-state index in [1.807, 2.05) is 4.90 Å². The molecule has 3 unspecified atom stereocenters. The smallest absolute Gasteiger partial charge is 0.241 e. The number of ether oxygens (including phenoxy) is 1. The molecule has 2 aliphatic rings. The molecule has 0 bridgehead atoms. The van der Waals surface area contributed by atoms with Gasteiger partial charge in [0.05, 0.1) is 18.3 Å². The lowest BCUT2D eigenvalue weighted by Crippen LogP contribution is -2.44. The molecule has 1 amide bonds. The fourth-order valence-electron chi connectivity index (χ4n) is 3.11. The molecular formula is C15H28N2O2. The average molecular weight is 268 g/mol. The number of hydrogen-bond acceptors (Lipinski definition) is 3. The molecular weight excluding hydrogens is 240 g/mol. The maximum Gasteiger partial charge on any atom is 0.241 e. The number of carbonyl (C=O) groups excluding carboxylic acids is 1. The van der Waals surface area contributed by atoms with Gasteiger partial charge in [0.25, 0.3) is 0 Å². The summed E-state index contributed by atoms with van der Waals surface area (Å²) in [5.41, 5.74) is 0. The monoisotopic (exact) mass is 268 g/mol. The first-order chi connectivity index (χ1) is 8.99. The van der Waals surface area contributed by atoms with Crippen LogP contribution in [0.4, 0.5) is 0 Å². The van der Waals surface area contributed by atoms with Gasteiger partial charge in [0.2, 0.25) is 5.91 Å². The van der Waals surface area contributed by atoms with Crippen LogP contribution in [0.25, 0.3) is 0 Å². The van der Waals surface area contributed by atoms with Crippen molar-refractivity contribution in [2.24, 2.45) is 11.8 Å². The van der Waals surface area contributed by atoms with E-state index in [-0.39, 0.29) is 24.2 Å². The van der Waals surface area contributed by atoms with Gasteiger partial charge in [-0.1, -0.05) is 27.7 Å². The quantitative estimate of drug-likeness (QED) is 0.829. The Bertz CT molecular complexity index is 311. The Morgan fingerprint density at radius 3 is 2.63 bits per heavy atom. The first-order valence-corrected chi connectivity index (χ1v) is 7.67. The summed E-state index contributed by atoms with van der Waals surface area (Å²) < 4.78 is 5.69. The molecule has 0 aliphatic carbocycles. The Kier molecular flexibility index (Phi) is 4.85. The number of hydrogen-bond donors (Lipinski definition) is 1. The van der Waals surface area contributed by atoms with Crippen molar-refractivity contribution in [1.29, 1.82) is 0 Å². The van der Waals surface area contributed by atoms with E-state index in [1.165, 1.54) is 0 Å². The third-order valence-electron chi connectivity index (χ3n) is 4.05. The SMILES string of the molecule is CC(C)CC1NC(C(C)C)N(CC2CCCO2)C1=O. The summed E-state index contributed by atoms with van der Waals surface area (Å²) in [7, 11) is 0. The van der Waals surface area contributed by atoms with Crippen molar-refractivity contribution in [3.8, 4) is 0 Å². The minimum Gasteiger partial charge on any atom is -0.376 e. The molecule has 2 rings (SSSR count). The van der Waals surface area contributed by atoms with E-state index >= 15 is 0 Å². The van der Waals surface area contributed by atoms with Gasteiger partial charge in [-0.25, -0.2) is 0 Å². The van der Waals surface area contributed by atoms with E-state index in [4.69, 9.17) is 4.74 Å². The summed E-state index contributed by atoms with van der Waals surface area (Å²) in [6.07, 6.45) is 3.54. The predicted octanol–water partition coefficient (Wildman–Crippen LogP) is 1.99. The molecule has 0 aromatic rings. The summed E-state index contributed by atoms with van der Waals surface area (Å²) in [6, 6.07) is -0.00574. The van der Waals surface area contributed by atoms with Crippen LogP contribution in [0, 0.1) is 11.8 Å². The van der Waals surface area contributed by atoms with Crippen LogP contribution >= 0.6 is 0 Å². The molecule has 110 valence electrons. The van der Waals surface area contributed by atoms with Crippen molar-refractivity contribution in [3.05, 3.63) is 0 Å². The molecule has 2 heterocycles. The summed E-state index contributed by atoms with van der Waals surface area (Å²) in [5.74, 6) is 1.24. The minimum absolute atomic E-state index is 0.00574. The highest BCUT2D eigenvalue weighted by molar-refractivity contribution is 5.84. The van der Waals surface area contributed by atoms with Crippen LogP contribution in [0.1, 0.15) is 47.0 Å². The molecule has 0 aromatic carbocycles. The Morgan fingerprint density at radius 1 is 1.37 bits per heavy atom. The Morgan fingerprint density at radius 2 is 2.11 bits per heavy atom. The van der Waals surface area contributed by atoms with E-state index in [9.17, 15) is 4.79 Å². The van der Waals surface area contributed by atoms with E-state index in [0.717, 1.165) is 32.4 Å². The van der Waals surface area contributed by atoms with Gasteiger partial charge in [-0.3, -0.25) is 10.1 Å². The van der Waals surface area contributed by atoms with Crippen molar-refractivity contribution >= 4 is 5.91 Å². The van der Waals surface area contributed by atoms with Crippen molar-refractivity contribution in [3.63, 3.8) is 0 Å². The molecule has 1 N–H and O–H groups in total. The Labute approximate surface area is 116 Å². The third-order valence-corrected chi connectivity index (χ3v) is 4.05. The molecule has 19 heavy (non-hydrogen) atoms. The van der Waals surface area contributed by atoms with E-state index in [2.05, 4.69) is 33.0 Å². The molecule has 3 atom stereocenters. The van der Waals surface area contributed by atoms with Crippen LogP contribution in [0.15, 0.2) is 0 Å². The highest BCUT2D eigenvalue weighted by atomic mass is 16.5. The number of nitrogens with zero attached hydrogens (tertiary/aromatic N) is 1. The first kappa shape index (κ1) is 14.8. The summed E-state index contributed by atoms with van der Waals surface area (Å²) in [6.45, 7) is 10.3. The van der Waals surface area contributed by atoms with Gasteiger partial charge >= 0.3 is 0 Å². The van der Waals surface area contributed by atoms with Crippen LogP contribution < -0.4 is 5.32 Å². The molecule has 2 aliphatic heterocycles. The van der Waals surface area contributed by atoms with Crippen molar-refractivity contribution in [1.82, 2.24) is 10.2 Å². The lowest BCUT2D eigenvalue weighted by atomic mass is 10.0. The Balaban J connectivity index is 2.02. The second-order valence-electron chi connectivity index (χ2n) is 6.66. The first-order valence-electron chi connectivity index (χ1n) is 7.67. The maximum absolute atomic E-state index is 12.6. The number of nitrogens with one attached hydrogen (secondary N) is 1. The second-order valence-corrected chi connectivity index (χ2v) is 6.66. The normalized spacial score (nSPS) is 32.0. The molecule has 0 aromatic heterocycles. The Hall–Kier alpha value is -0.610. The zero-order valence-corrected chi connectivity index (χ0v) is 12.7. The van der Waals surface area contributed by atoms with E-state index in [0.29, 0.717) is 11.8 Å². The highest BCUT2D eigenvalue weighted by Crippen LogP contribution is 2.24. The summed E-state index contributed by atoms with van der Waals surface area (Å²) in [5, 5.41) is 3.52. The van der Waals surface area contributed by atoms with Gasteiger partial charge in [0.15, 0.2) is 0 Å². The van der Waals surface area contributed by atoms with Gasteiger partial charge < -0.3 is 9.64 Å². The van der Waals surface area contributed by atoms with Crippen LogP contribution in [0.5, 0.6) is 0 Å². The maximum atomic E-state index is 12.6. The molecule has 4 heteroatoms. The van der Waals surface area contributed by atoms with Gasteiger partial charge in [0, 0.05) is 13.2 Å². The van der Waals surface area contributed by atoms with Crippen molar-refractivity contribution in [2.45, 2.75) is 65.3 Å². The van der Waals surface area contributed by atoms with Crippen LogP contribution in [-0.2, 0) is 9.53 Å². The van der Waals surface area contributed by atoms with Gasteiger partial charge in [0.1, 0.15) is 0 Å². The van der Waals surface area contributed by atoms with Gasteiger partial charge in [-0.2, -0.15) is 0 Å². The summed E-state index contributed by atoms with van der Waals surface area (Å²) in [4.78, 5) is 14.6. The highest BCUT2D eigenvalue weighted by Gasteiger charge is 2.41. The molecule has 0 saturated carbocycles. The third kappa shape index (κ3) is 3.48. The fourth-order valence-corrected chi connectivity index (χ4v) is 3.11. The van der Waals surface area contributed by atoms with Crippen molar-refractivity contribution in [2.75, 3.05) is 13.2 Å². The summed E-state index contributed by atoms with van der Waals surface area (Å²) >= 11 is 0. The molecule has 4 nitrogen and oxygen atoms in total. The molecule has 2 fully saturated rings.